The van der Waals surface area contributed by atoms with Crippen LogP contribution in [0.4, 0.5) is 11.4 Å². The number of hydrogen-bond acceptors (Lipinski definition) is 2. The monoisotopic (exact) mass is 288 g/mol. The van der Waals surface area contributed by atoms with Crippen molar-refractivity contribution in [1.29, 1.82) is 0 Å². The first kappa shape index (κ1) is 14.4. The van der Waals surface area contributed by atoms with Crippen molar-refractivity contribution in [2.45, 2.75) is 20.8 Å². The summed E-state index contributed by atoms with van der Waals surface area (Å²) >= 11 is 5.99. The van der Waals surface area contributed by atoms with Crippen LogP contribution in [0.25, 0.3) is 0 Å². The van der Waals surface area contributed by atoms with Crippen molar-refractivity contribution in [3.8, 4) is 0 Å². The van der Waals surface area contributed by atoms with Gasteiger partial charge in [-0.2, -0.15) is 0 Å². The molecule has 0 saturated heterocycles. The molecule has 2 aromatic carbocycles. The second-order valence-electron chi connectivity index (χ2n) is 5.02. The summed E-state index contributed by atoms with van der Waals surface area (Å²) in [5.74, 6) is -0.152. The number of benzene rings is 2. The second-order valence-corrected chi connectivity index (χ2v) is 5.43. The fourth-order valence-corrected chi connectivity index (χ4v) is 2.30. The molecule has 0 atom stereocenters. The first-order valence-corrected chi connectivity index (χ1v) is 6.70. The molecule has 104 valence electrons. The van der Waals surface area contributed by atoms with Crippen LogP contribution in [0, 0.1) is 20.8 Å². The van der Waals surface area contributed by atoms with Gasteiger partial charge in [-0.15, -0.1) is 0 Å². The van der Waals surface area contributed by atoms with E-state index in [0.29, 0.717) is 22.0 Å². The third-order valence-electron chi connectivity index (χ3n) is 3.08. The second kappa shape index (κ2) is 5.55. The third-order valence-corrected chi connectivity index (χ3v) is 3.40. The van der Waals surface area contributed by atoms with Gasteiger partial charge in [-0.1, -0.05) is 28.8 Å². The van der Waals surface area contributed by atoms with Gasteiger partial charge in [-0.3, -0.25) is 4.79 Å². The van der Waals surface area contributed by atoms with Gasteiger partial charge >= 0.3 is 0 Å². The zero-order valence-electron chi connectivity index (χ0n) is 11.8. The Morgan fingerprint density at radius 2 is 1.65 bits per heavy atom. The van der Waals surface area contributed by atoms with Crippen LogP contribution in [0.5, 0.6) is 0 Å². The molecule has 0 bridgehead atoms. The van der Waals surface area contributed by atoms with Gasteiger partial charge in [0.15, 0.2) is 0 Å². The Kier molecular flexibility index (Phi) is 4.00. The summed E-state index contributed by atoms with van der Waals surface area (Å²) in [6.45, 7) is 5.81. The molecule has 0 aliphatic carbocycles. The molecule has 0 unspecified atom stereocenters. The number of aryl methyl sites for hydroxylation is 3. The molecule has 4 heteroatoms. The number of anilines is 2. The van der Waals surface area contributed by atoms with Gasteiger partial charge in [0.2, 0.25) is 0 Å². The van der Waals surface area contributed by atoms with Gasteiger partial charge in [0, 0.05) is 11.3 Å². The summed E-state index contributed by atoms with van der Waals surface area (Å²) in [5.41, 5.74) is 10.5. The van der Waals surface area contributed by atoms with Gasteiger partial charge in [-0.25, -0.2) is 0 Å². The Morgan fingerprint density at radius 1 is 1.05 bits per heavy atom. The standard InChI is InChI=1S/C16H17ClN2O/c1-9-4-10(2)6-12(5-9)16(20)19-15-8-13(17)14(18)7-11(15)3/h4-8H,18H2,1-3H3,(H,19,20). The fourth-order valence-electron chi connectivity index (χ4n) is 2.14. The highest BCUT2D eigenvalue weighted by atomic mass is 35.5. The Morgan fingerprint density at radius 3 is 2.25 bits per heavy atom. The molecular formula is C16H17ClN2O. The van der Waals surface area contributed by atoms with Crippen molar-refractivity contribution in [2.75, 3.05) is 11.1 Å². The van der Waals surface area contributed by atoms with E-state index in [1.807, 2.05) is 39.0 Å². The molecule has 0 spiro atoms. The maximum absolute atomic E-state index is 12.3. The minimum atomic E-state index is -0.152. The number of hydrogen-bond donors (Lipinski definition) is 2. The number of carbonyl (C=O) groups excluding carboxylic acids is 1. The van der Waals surface area contributed by atoms with E-state index in [2.05, 4.69) is 5.32 Å². The molecule has 0 aromatic heterocycles. The maximum Gasteiger partial charge on any atom is 0.255 e. The number of carbonyl (C=O) groups is 1. The van der Waals surface area contributed by atoms with Gasteiger partial charge in [0.1, 0.15) is 0 Å². The number of amides is 1. The average molecular weight is 289 g/mol. The minimum Gasteiger partial charge on any atom is -0.398 e. The van der Waals surface area contributed by atoms with Crippen LogP contribution in [0.2, 0.25) is 5.02 Å². The highest BCUT2D eigenvalue weighted by molar-refractivity contribution is 6.33. The van der Waals surface area contributed by atoms with E-state index in [-0.39, 0.29) is 5.91 Å². The molecular weight excluding hydrogens is 272 g/mol. The lowest BCUT2D eigenvalue weighted by Gasteiger charge is -2.11. The van der Waals surface area contributed by atoms with Gasteiger partial charge in [0.25, 0.3) is 5.91 Å². The van der Waals surface area contributed by atoms with E-state index >= 15 is 0 Å². The lowest BCUT2D eigenvalue weighted by atomic mass is 10.1. The molecule has 0 aliphatic rings. The predicted octanol–water partition coefficient (Wildman–Crippen LogP) is 4.10. The predicted molar refractivity (Wildman–Crippen MR) is 84.5 cm³/mol. The smallest absolute Gasteiger partial charge is 0.255 e. The summed E-state index contributed by atoms with van der Waals surface area (Å²) < 4.78 is 0. The van der Waals surface area contributed by atoms with Crippen LogP contribution in [0.3, 0.4) is 0 Å². The first-order valence-electron chi connectivity index (χ1n) is 6.32. The quantitative estimate of drug-likeness (QED) is 0.818. The summed E-state index contributed by atoms with van der Waals surface area (Å²) in [4.78, 5) is 12.3. The molecule has 0 radical (unpaired) electrons. The Balaban J connectivity index is 2.30. The molecule has 3 nitrogen and oxygen atoms in total. The highest BCUT2D eigenvalue weighted by Gasteiger charge is 2.10. The van der Waals surface area contributed by atoms with E-state index in [1.54, 1.807) is 12.1 Å². The summed E-state index contributed by atoms with van der Waals surface area (Å²) in [6, 6.07) is 9.17. The topological polar surface area (TPSA) is 55.1 Å². The van der Waals surface area contributed by atoms with Crippen molar-refractivity contribution < 1.29 is 4.79 Å². The lowest BCUT2D eigenvalue weighted by molar-refractivity contribution is 0.102. The van der Waals surface area contributed by atoms with Crippen LogP contribution in [0.1, 0.15) is 27.0 Å². The number of nitrogen functional groups attached to an aromatic ring is 1. The van der Waals surface area contributed by atoms with Crippen molar-refractivity contribution in [1.82, 2.24) is 0 Å². The van der Waals surface area contributed by atoms with Crippen LogP contribution in [-0.2, 0) is 0 Å². The van der Waals surface area contributed by atoms with Gasteiger partial charge in [0.05, 0.1) is 10.7 Å². The van der Waals surface area contributed by atoms with Crippen molar-refractivity contribution in [3.63, 3.8) is 0 Å². The number of rotatable bonds is 2. The zero-order chi connectivity index (χ0) is 14.9. The van der Waals surface area contributed by atoms with E-state index in [1.165, 1.54) is 0 Å². The molecule has 0 heterocycles. The van der Waals surface area contributed by atoms with Crippen LogP contribution in [0.15, 0.2) is 30.3 Å². The Hall–Kier alpha value is -2.00. The molecule has 3 N–H and O–H groups in total. The SMILES string of the molecule is Cc1cc(C)cc(C(=O)Nc2cc(Cl)c(N)cc2C)c1. The molecule has 2 aromatic rings. The normalized spacial score (nSPS) is 10.4. The molecule has 1 amide bonds. The summed E-state index contributed by atoms with van der Waals surface area (Å²) in [6.07, 6.45) is 0. The maximum atomic E-state index is 12.3. The molecule has 0 fully saturated rings. The van der Waals surface area contributed by atoms with Gasteiger partial charge < -0.3 is 11.1 Å². The molecule has 20 heavy (non-hydrogen) atoms. The molecule has 2 rings (SSSR count). The van der Waals surface area contributed by atoms with Crippen molar-refractivity contribution in [2.24, 2.45) is 0 Å². The average Bonchev–Trinajstić information content (AvgIpc) is 2.34. The fraction of sp³-hybridized carbons (Fsp3) is 0.188. The van der Waals surface area contributed by atoms with Crippen LogP contribution in [-0.4, -0.2) is 5.91 Å². The van der Waals surface area contributed by atoms with Crippen LogP contribution < -0.4 is 11.1 Å². The zero-order valence-corrected chi connectivity index (χ0v) is 12.5. The lowest BCUT2D eigenvalue weighted by Crippen LogP contribution is -2.13. The highest BCUT2D eigenvalue weighted by Crippen LogP contribution is 2.27. The largest absolute Gasteiger partial charge is 0.398 e. The van der Waals surface area contributed by atoms with E-state index < -0.39 is 0 Å². The number of nitrogens with one attached hydrogen (secondary N) is 1. The summed E-state index contributed by atoms with van der Waals surface area (Å²) in [5, 5.41) is 3.31. The molecule has 0 saturated carbocycles. The Labute approximate surface area is 123 Å². The van der Waals surface area contributed by atoms with E-state index in [0.717, 1.165) is 16.7 Å². The summed E-state index contributed by atoms with van der Waals surface area (Å²) in [7, 11) is 0. The third kappa shape index (κ3) is 3.11. The van der Waals surface area contributed by atoms with Crippen molar-refractivity contribution >= 4 is 28.9 Å². The Bertz CT molecular complexity index is 660. The van der Waals surface area contributed by atoms with E-state index in [9.17, 15) is 4.79 Å². The van der Waals surface area contributed by atoms with Crippen LogP contribution >= 0.6 is 11.6 Å². The number of nitrogens with two attached hydrogens (primary N) is 1. The van der Waals surface area contributed by atoms with Gasteiger partial charge in [-0.05, 0) is 50.6 Å². The minimum absolute atomic E-state index is 0.152. The number of halogens is 1. The molecule has 0 aliphatic heterocycles. The van der Waals surface area contributed by atoms with E-state index in [4.69, 9.17) is 17.3 Å². The first-order chi connectivity index (χ1) is 9.36. The van der Waals surface area contributed by atoms with Crippen molar-refractivity contribution in [3.05, 3.63) is 57.6 Å².